The molecule has 0 saturated carbocycles. The summed E-state index contributed by atoms with van der Waals surface area (Å²) in [4.78, 5) is 20.5. The lowest BCUT2D eigenvalue weighted by atomic mass is 9.88. The number of nitrogens with zero attached hydrogens (tertiary/aromatic N) is 1. The van der Waals surface area contributed by atoms with E-state index in [1.54, 1.807) is 0 Å². The quantitative estimate of drug-likeness (QED) is 0.604. The lowest BCUT2D eigenvalue weighted by Crippen LogP contribution is -2.32. The Morgan fingerprint density at radius 3 is 2.82 bits per heavy atom. The van der Waals surface area contributed by atoms with Crippen molar-refractivity contribution in [1.29, 1.82) is 0 Å². The molecule has 1 aliphatic carbocycles. The second kappa shape index (κ2) is 8.65. The van der Waals surface area contributed by atoms with E-state index in [1.807, 2.05) is 25.1 Å². The van der Waals surface area contributed by atoms with Crippen molar-refractivity contribution in [3.63, 3.8) is 0 Å². The maximum atomic E-state index is 12.5. The Bertz CT molecular complexity index is 951. The number of amides is 1. The van der Waals surface area contributed by atoms with Gasteiger partial charge in [0, 0.05) is 12.1 Å². The van der Waals surface area contributed by atoms with Gasteiger partial charge in [-0.3, -0.25) is 4.79 Å². The second-order valence-electron chi connectivity index (χ2n) is 7.28. The van der Waals surface area contributed by atoms with Crippen molar-refractivity contribution in [3.05, 3.63) is 82.7 Å². The van der Waals surface area contributed by atoms with Gasteiger partial charge >= 0.3 is 0 Å². The predicted molar refractivity (Wildman–Crippen MR) is 114 cm³/mol. The van der Waals surface area contributed by atoms with Crippen LogP contribution in [0.25, 0.3) is 0 Å². The Kier molecular flexibility index (Phi) is 5.81. The molecule has 1 amide bonds. The highest BCUT2D eigenvalue weighted by atomic mass is 32.2. The van der Waals surface area contributed by atoms with Crippen LogP contribution < -0.4 is 5.32 Å². The molecule has 144 valence electrons. The van der Waals surface area contributed by atoms with Crippen molar-refractivity contribution in [2.75, 3.05) is 5.75 Å². The van der Waals surface area contributed by atoms with E-state index < -0.39 is 0 Å². The summed E-state index contributed by atoms with van der Waals surface area (Å²) in [6, 6.07) is 18.9. The Hall–Kier alpha value is -2.53. The zero-order valence-electron chi connectivity index (χ0n) is 16.1. The van der Waals surface area contributed by atoms with Crippen LogP contribution in [0, 0.1) is 6.92 Å². The smallest absolute Gasteiger partial charge is 0.230 e. The number of carbonyl (C=O) groups excluding carboxylic acids is 1. The molecule has 1 aromatic heterocycles. The number of aryl methyl sites for hydroxylation is 2. The molecule has 0 radical (unpaired) electrons. The van der Waals surface area contributed by atoms with E-state index in [2.05, 4.69) is 51.7 Å². The summed E-state index contributed by atoms with van der Waals surface area (Å²) >= 11 is 1.47. The number of hydrogen-bond donors (Lipinski definition) is 2. The van der Waals surface area contributed by atoms with Crippen LogP contribution in [0.1, 0.15) is 47.0 Å². The molecule has 5 heteroatoms. The molecule has 3 aromatic rings. The Balaban J connectivity index is 1.34. The Morgan fingerprint density at radius 1 is 1.18 bits per heavy atom. The fourth-order valence-electron chi connectivity index (χ4n) is 3.77. The molecule has 0 unspecified atom stereocenters. The fourth-order valence-corrected chi connectivity index (χ4v) is 4.52. The minimum atomic E-state index is 0.0605. The molecule has 4 nitrogen and oxygen atoms in total. The first kappa shape index (κ1) is 18.8. The molecule has 1 atom stereocenters. The summed E-state index contributed by atoms with van der Waals surface area (Å²) < 4.78 is 0. The van der Waals surface area contributed by atoms with Crippen molar-refractivity contribution in [3.8, 4) is 0 Å². The minimum absolute atomic E-state index is 0.0605. The van der Waals surface area contributed by atoms with Gasteiger partial charge in [0.25, 0.3) is 0 Å². The molecule has 2 N–H and O–H groups in total. The van der Waals surface area contributed by atoms with E-state index in [0.717, 1.165) is 42.2 Å². The number of aromatic amines is 1. The van der Waals surface area contributed by atoms with Crippen molar-refractivity contribution in [2.24, 2.45) is 0 Å². The largest absolute Gasteiger partial charge is 0.349 e. The number of nitrogens with one attached hydrogen (secondary N) is 2. The van der Waals surface area contributed by atoms with Gasteiger partial charge in [-0.2, -0.15) is 0 Å². The van der Waals surface area contributed by atoms with Crippen LogP contribution >= 0.6 is 11.8 Å². The molecular formula is C23H25N3OS. The van der Waals surface area contributed by atoms with Crippen molar-refractivity contribution in [2.45, 2.75) is 43.8 Å². The highest BCUT2D eigenvalue weighted by Gasteiger charge is 2.21. The first-order valence-corrected chi connectivity index (χ1v) is 10.8. The third kappa shape index (κ3) is 4.47. The number of thioether (sulfide) groups is 1. The number of benzene rings is 2. The average Bonchev–Trinajstić information content (AvgIpc) is 3.07. The van der Waals surface area contributed by atoms with E-state index in [0.29, 0.717) is 5.75 Å². The van der Waals surface area contributed by atoms with E-state index in [4.69, 9.17) is 0 Å². The maximum absolute atomic E-state index is 12.5. The molecule has 1 heterocycles. The van der Waals surface area contributed by atoms with E-state index >= 15 is 0 Å². The van der Waals surface area contributed by atoms with Gasteiger partial charge in [-0.05, 0) is 42.9 Å². The standard InChI is InChI=1S/C23H25N3OS/c1-16-21(14-17-8-3-2-4-9-17)26-23(24-16)28-15-22(27)25-20-13-7-11-18-10-5-6-12-19(18)20/h2-6,8-10,12,20H,7,11,13-15H2,1H3,(H,24,26)(H,25,27)/t20-/m0/s1. The van der Waals surface area contributed by atoms with Gasteiger partial charge < -0.3 is 10.3 Å². The molecule has 0 bridgehead atoms. The average molecular weight is 392 g/mol. The maximum Gasteiger partial charge on any atom is 0.230 e. The van der Waals surface area contributed by atoms with Gasteiger partial charge in [0.05, 0.1) is 17.5 Å². The molecule has 0 saturated heterocycles. The number of hydrogen-bond acceptors (Lipinski definition) is 3. The van der Waals surface area contributed by atoms with Gasteiger partial charge in [0.1, 0.15) is 0 Å². The van der Waals surface area contributed by atoms with Crippen LogP contribution in [0.4, 0.5) is 0 Å². The molecule has 0 aliphatic heterocycles. The third-order valence-electron chi connectivity index (χ3n) is 5.22. The van der Waals surface area contributed by atoms with Crippen molar-refractivity contribution < 1.29 is 4.79 Å². The summed E-state index contributed by atoms with van der Waals surface area (Å²) in [5.74, 6) is 0.432. The summed E-state index contributed by atoms with van der Waals surface area (Å²) in [5.41, 5.74) is 5.97. The normalized spacial score (nSPS) is 15.8. The van der Waals surface area contributed by atoms with Crippen LogP contribution in [0.5, 0.6) is 0 Å². The van der Waals surface area contributed by atoms with Crippen molar-refractivity contribution in [1.82, 2.24) is 15.3 Å². The Morgan fingerprint density at radius 2 is 1.96 bits per heavy atom. The lowest BCUT2D eigenvalue weighted by molar-refractivity contribution is -0.119. The first-order valence-electron chi connectivity index (χ1n) is 9.78. The van der Waals surface area contributed by atoms with Crippen LogP contribution in [0.15, 0.2) is 59.8 Å². The lowest BCUT2D eigenvalue weighted by Gasteiger charge is -2.26. The van der Waals surface area contributed by atoms with Gasteiger partial charge in [0.2, 0.25) is 5.91 Å². The second-order valence-corrected chi connectivity index (χ2v) is 8.24. The SMILES string of the molecule is Cc1[nH]c(SCC(=O)N[C@H]2CCCc3ccccc32)nc1Cc1ccccc1. The minimum Gasteiger partial charge on any atom is -0.349 e. The van der Waals surface area contributed by atoms with Gasteiger partial charge in [-0.15, -0.1) is 0 Å². The molecular weight excluding hydrogens is 366 g/mol. The molecule has 28 heavy (non-hydrogen) atoms. The number of H-pyrrole nitrogens is 1. The number of fused-ring (bicyclic) bond motifs is 1. The predicted octanol–water partition coefficient (Wildman–Crippen LogP) is 4.59. The molecule has 0 fully saturated rings. The van der Waals surface area contributed by atoms with Crippen LogP contribution in [0.3, 0.4) is 0 Å². The number of rotatable bonds is 6. The van der Waals surface area contributed by atoms with Crippen LogP contribution in [-0.4, -0.2) is 21.6 Å². The summed E-state index contributed by atoms with van der Waals surface area (Å²) in [7, 11) is 0. The van der Waals surface area contributed by atoms with E-state index in [1.165, 1.54) is 28.5 Å². The molecule has 1 aliphatic rings. The summed E-state index contributed by atoms with van der Waals surface area (Å²) in [6.07, 6.45) is 4.03. The van der Waals surface area contributed by atoms with Gasteiger partial charge in [0.15, 0.2) is 5.16 Å². The topological polar surface area (TPSA) is 57.8 Å². The van der Waals surface area contributed by atoms with Gasteiger partial charge in [-0.1, -0.05) is 66.4 Å². The fraction of sp³-hybridized carbons (Fsp3) is 0.304. The monoisotopic (exact) mass is 391 g/mol. The number of aromatic nitrogens is 2. The summed E-state index contributed by atoms with van der Waals surface area (Å²) in [5, 5.41) is 4.01. The van der Waals surface area contributed by atoms with Crippen LogP contribution in [-0.2, 0) is 17.6 Å². The molecule has 2 aromatic carbocycles. The zero-order valence-corrected chi connectivity index (χ0v) is 16.9. The van der Waals surface area contributed by atoms with Crippen molar-refractivity contribution >= 4 is 17.7 Å². The van der Waals surface area contributed by atoms with Gasteiger partial charge in [-0.25, -0.2) is 4.98 Å². The Labute approximate surface area is 170 Å². The highest BCUT2D eigenvalue weighted by molar-refractivity contribution is 7.99. The molecule has 0 spiro atoms. The molecule has 4 rings (SSSR count). The first-order chi connectivity index (χ1) is 13.7. The van der Waals surface area contributed by atoms with E-state index in [9.17, 15) is 4.79 Å². The number of imidazole rings is 1. The van der Waals surface area contributed by atoms with E-state index in [-0.39, 0.29) is 11.9 Å². The van der Waals surface area contributed by atoms with Crippen LogP contribution in [0.2, 0.25) is 0 Å². The summed E-state index contributed by atoms with van der Waals surface area (Å²) in [6.45, 7) is 2.04. The highest BCUT2D eigenvalue weighted by Crippen LogP contribution is 2.29. The number of carbonyl (C=O) groups is 1. The third-order valence-corrected chi connectivity index (χ3v) is 6.10. The zero-order chi connectivity index (χ0) is 19.3.